The van der Waals surface area contributed by atoms with E-state index in [-0.39, 0.29) is 24.4 Å². The molecule has 1 aromatic heterocycles. The predicted octanol–water partition coefficient (Wildman–Crippen LogP) is 2.33. The molecule has 1 heterocycles. The molecular formula is C17H21ClN4O2. The van der Waals surface area contributed by atoms with Crippen LogP contribution in [0.15, 0.2) is 30.3 Å². The molecule has 1 atom stereocenters. The van der Waals surface area contributed by atoms with Crippen LogP contribution in [0.4, 0.5) is 0 Å². The largest absolute Gasteiger partial charge is 0.342 e. The summed E-state index contributed by atoms with van der Waals surface area (Å²) in [7, 11) is 3.40. The first-order valence-electron chi connectivity index (χ1n) is 7.59. The van der Waals surface area contributed by atoms with Crippen LogP contribution in [-0.2, 0) is 11.8 Å². The second kappa shape index (κ2) is 7.49. The van der Waals surface area contributed by atoms with Crippen LogP contribution in [0.5, 0.6) is 0 Å². The van der Waals surface area contributed by atoms with Crippen LogP contribution in [0, 0.1) is 6.92 Å². The quantitative estimate of drug-likeness (QED) is 0.901. The maximum atomic E-state index is 12.3. The Labute approximate surface area is 146 Å². The van der Waals surface area contributed by atoms with Crippen LogP contribution < -0.4 is 5.32 Å². The molecule has 0 aliphatic carbocycles. The van der Waals surface area contributed by atoms with Crippen LogP contribution >= 0.6 is 11.6 Å². The summed E-state index contributed by atoms with van der Waals surface area (Å²) in [6.45, 7) is 3.66. The summed E-state index contributed by atoms with van der Waals surface area (Å²) < 4.78 is 1.50. The van der Waals surface area contributed by atoms with Gasteiger partial charge < -0.3 is 10.2 Å². The fourth-order valence-corrected chi connectivity index (χ4v) is 2.50. The third kappa shape index (κ3) is 4.14. The summed E-state index contributed by atoms with van der Waals surface area (Å²) in [6, 6.07) is 8.91. The number of aryl methyl sites for hydroxylation is 2. The number of hydrogen-bond acceptors (Lipinski definition) is 3. The molecule has 1 aromatic carbocycles. The van der Waals surface area contributed by atoms with Crippen molar-refractivity contribution in [3.8, 4) is 0 Å². The van der Waals surface area contributed by atoms with Crippen molar-refractivity contribution in [2.75, 3.05) is 13.6 Å². The minimum absolute atomic E-state index is 0.0719. The Bertz CT molecular complexity index is 740. The Morgan fingerprint density at radius 2 is 1.96 bits per heavy atom. The fraction of sp³-hybridized carbons (Fsp3) is 0.353. The van der Waals surface area contributed by atoms with Gasteiger partial charge in [0.25, 0.3) is 5.91 Å². The maximum Gasteiger partial charge on any atom is 0.269 e. The zero-order valence-corrected chi connectivity index (χ0v) is 15.0. The number of carbonyl (C=O) groups is 2. The lowest BCUT2D eigenvalue weighted by Gasteiger charge is -2.25. The molecule has 1 unspecified atom stereocenters. The van der Waals surface area contributed by atoms with Gasteiger partial charge in [-0.15, -0.1) is 0 Å². The highest BCUT2D eigenvalue weighted by Crippen LogP contribution is 2.20. The number of amides is 2. The Morgan fingerprint density at radius 3 is 2.50 bits per heavy atom. The lowest BCUT2D eigenvalue weighted by Crippen LogP contribution is -2.39. The van der Waals surface area contributed by atoms with Gasteiger partial charge in [-0.25, -0.2) is 0 Å². The monoisotopic (exact) mass is 348 g/mol. The van der Waals surface area contributed by atoms with E-state index in [1.54, 1.807) is 37.2 Å². The molecule has 128 valence electrons. The molecular weight excluding hydrogens is 328 g/mol. The highest BCUT2D eigenvalue weighted by molar-refractivity contribution is 6.30. The number of rotatable bonds is 5. The summed E-state index contributed by atoms with van der Waals surface area (Å²) in [6.07, 6.45) is 0. The van der Waals surface area contributed by atoms with Gasteiger partial charge in [-0.1, -0.05) is 23.7 Å². The molecule has 0 bridgehead atoms. The van der Waals surface area contributed by atoms with Gasteiger partial charge in [0, 0.05) is 19.1 Å². The molecule has 0 saturated heterocycles. The molecule has 2 rings (SSSR count). The number of nitrogens with zero attached hydrogens (tertiary/aromatic N) is 3. The van der Waals surface area contributed by atoms with Gasteiger partial charge in [-0.3, -0.25) is 14.3 Å². The van der Waals surface area contributed by atoms with Crippen LogP contribution in [0.2, 0.25) is 5.02 Å². The lowest BCUT2D eigenvalue weighted by atomic mass is 10.1. The first kappa shape index (κ1) is 18.0. The Hall–Kier alpha value is -2.34. The van der Waals surface area contributed by atoms with E-state index in [1.807, 2.05) is 26.0 Å². The molecule has 0 aliphatic heterocycles. The normalized spacial score (nSPS) is 11.9. The van der Waals surface area contributed by atoms with Gasteiger partial charge in [0.05, 0.1) is 18.3 Å². The first-order valence-corrected chi connectivity index (χ1v) is 7.97. The zero-order chi connectivity index (χ0) is 17.9. The molecule has 2 amide bonds. The molecule has 7 heteroatoms. The molecule has 0 aliphatic rings. The van der Waals surface area contributed by atoms with Crippen molar-refractivity contribution >= 4 is 23.4 Å². The van der Waals surface area contributed by atoms with Gasteiger partial charge >= 0.3 is 0 Å². The smallest absolute Gasteiger partial charge is 0.269 e. The van der Waals surface area contributed by atoms with Crippen LogP contribution in [-0.4, -0.2) is 40.1 Å². The Kier molecular flexibility index (Phi) is 5.62. The molecule has 0 fully saturated rings. The number of carbonyl (C=O) groups excluding carboxylic acids is 2. The average Bonchev–Trinajstić information content (AvgIpc) is 2.90. The molecule has 0 radical (unpaired) electrons. The number of aromatic nitrogens is 2. The number of halogens is 1. The Balaban J connectivity index is 1.95. The molecule has 0 saturated carbocycles. The first-order chi connectivity index (χ1) is 11.3. The van der Waals surface area contributed by atoms with Crippen molar-refractivity contribution in [3.05, 3.63) is 52.3 Å². The highest BCUT2D eigenvalue weighted by Gasteiger charge is 2.19. The van der Waals surface area contributed by atoms with E-state index in [4.69, 9.17) is 11.6 Å². The minimum atomic E-state index is -0.320. The van der Waals surface area contributed by atoms with Crippen molar-refractivity contribution in [2.24, 2.45) is 7.05 Å². The summed E-state index contributed by atoms with van der Waals surface area (Å²) in [5.41, 5.74) is 2.15. The topological polar surface area (TPSA) is 67.2 Å². The summed E-state index contributed by atoms with van der Waals surface area (Å²) in [5, 5.41) is 7.41. The van der Waals surface area contributed by atoms with Crippen LogP contribution in [0.1, 0.15) is 34.7 Å². The van der Waals surface area contributed by atoms with Gasteiger partial charge in [-0.05, 0) is 37.6 Å². The van der Waals surface area contributed by atoms with E-state index in [2.05, 4.69) is 10.4 Å². The highest BCUT2D eigenvalue weighted by atomic mass is 35.5. The van der Waals surface area contributed by atoms with E-state index in [9.17, 15) is 9.59 Å². The average molecular weight is 349 g/mol. The zero-order valence-electron chi connectivity index (χ0n) is 14.2. The van der Waals surface area contributed by atoms with E-state index in [1.165, 1.54) is 4.68 Å². The van der Waals surface area contributed by atoms with Crippen LogP contribution in [0.25, 0.3) is 0 Å². The Morgan fingerprint density at radius 1 is 1.33 bits per heavy atom. The summed E-state index contributed by atoms with van der Waals surface area (Å²) in [4.78, 5) is 26.0. The summed E-state index contributed by atoms with van der Waals surface area (Å²) >= 11 is 5.88. The predicted molar refractivity (Wildman–Crippen MR) is 92.9 cm³/mol. The second-order valence-corrected chi connectivity index (χ2v) is 6.15. The number of hydrogen-bond donors (Lipinski definition) is 1. The SMILES string of the molecule is Cc1cc(C(=O)NCC(=O)N(C)C(C)c2ccc(Cl)cc2)n(C)n1. The van der Waals surface area contributed by atoms with Crippen molar-refractivity contribution in [1.29, 1.82) is 0 Å². The third-order valence-electron chi connectivity index (χ3n) is 3.96. The molecule has 24 heavy (non-hydrogen) atoms. The van der Waals surface area contributed by atoms with Crippen LogP contribution in [0.3, 0.4) is 0 Å². The van der Waals surface area contributed by atoms with Gasteiger partial charge in [0.2, 0.25) is 5.91 Å². The van der Waals surface area contributed by atoms with E-state index in [0.717, 1.165) is 11.3 Å². The van der Waals surface area contributed by atoms with Crippen molar-refractivity contribution in [3.63, 3.8) is 0 Å². The second-order valence-electron chi connectivity index (χ2n) is 5.71. The molecule has 0 spiro atoms. The third-order valence-corrected chi connectivity index (χ3v) is 4.21. The van der Waals surface area contributed by atoms with Crippen molar-refractivity contribution < 1.29 is 9.59 Å². The van der Waals surface area contributed by atoms with Gasteiger partial charge in [0.15, 0.2) is 0 Å². The lowest BCUT2D eigenvalue weighted by molar-refractivity contribution is -0.130. The van der Waals surface area contributed by atoms with Gasteiger partial charge in [0.1, 0.15) is 5.69 Å². The number of benzene rings is 1. The number of likely N-dealkylation sites (N-methyl/N-ethyl adjacent to an activating group) is 1. The van der Waals surface area contributed by atoms with E-state index < -0.39 is 0 Å². The van der Waals surface area contributed by atoms with E-state index in [0.29, 0.717) is 10.7 Å². The molecule has 1 N–H and O–H groups in total. The van der Waals surface area contributed by atoms with E-state index >= 15 is 0 Å². The van der Waals surface area contributed by atoms with Crippen molar-refractivity contribution in [2.45, 2.75) is 19.9 Å². The number of nitrogens with one attached hydrogen (secondary N) is 1. The van der Waals surface area contributed by atoms with Gasteiger partial charge in [-0.2, -0.15) is 5.10 Å². The van der Waals surface area contributed by atoms with Crippen molar-refractivity contribution in [1.82, 2.24) is 20.0 Å². The molecule has 6 nitrogen and oxygen atoms in total. The maximum absolute atomic E-state index is 12.3. The minimum Gasteiger partial charge on any atom is -0.342 e. The molecule has 2 aromatic rings. The standard InChI is InChI=1S/C17H21ClN4O2/c1-11-9-15(22(4)20-11)17(24)19-10-16(23)21(3)12(2)13-5-7-14(18)8-6-13/h5-9,12H,10H2,1-4H3,(H,19,24). The summed E-state index contributed by atoms with van der Waals surface area (Å²) in [5.74, 6) is -0.497. The fourth-order valence-electron chi connectivity index (χ4n) is 2.38.